The van der Waals surface area contributed by atoms with Crippen molar-refractivity contribution >= 4 is 51.3 Å². The Morgan fingerprint density at radius 3 is 2.62 bits per heavy atom. The number of nitrogens with zero attached hydrogens (tertiary/aromatic N) is 3. The monoisotopic (exact) mass is 377 g/mol. The van der Waals surface area contributed by atoms with Crippen molar-refractivity contribution in [3.05, 3.63) is 77.0 Å². The maximum atomic E-state index is 12.7. The molecule has 128 valence electrons. The van der Waals surface area contributed by atoms with Crippen LogP contribution in [0.15, 0.2) is 65.8 Å². The summed E-state index contributed by atoms with van der Waals surface area (Å²) in [5.74, 6) is -0.0322. The summed E-state index contributed by atoms with van der Waals surface area (Å²) in [7, 11) is 0. The number of thioether (sulfide) groups is 1. The molecule has 1 aromatic heterocycles. The summed E-state index contributed by atoms with van der Waals surface area (Å²) in [4.78, 5) is 23.6. The van der Waals surface area contributed by atoms with E-state index in [0.717, 1.165) is 23.0 Å². The van der Waals surface area contributed by atoms with Gasteiger partial charge in [0.2, 0.25) is 0 Å². The Morgan fingerprint density at radius 1 is 1.04 bits per heavy atom. The Kier molecular flexibility index (Phi) is 4.77. The molecular formula is C20H15N3OS2. The number of thiocarbonyl (C=S) groups is 1. The molecule has 0 spiro atoms. The van der Waals surface area contributed by atoms with Gasteiger partial charge in [0.15, 0.2) is 0 Å². The van der Waals surface area contributed by atoms with E-state index in [4.69, 9.17) is 12.2 Å². The highest BCUT2D eigenvalue weighted by Gasteiger charge is 2.31. The summed E-state index contributed by atoms with van der Waals surface area (Å²) >= 11 is 6.76. The van der Waals surface area contributed by atoms with Crippen LogP contribution in [0.3, 0.4) is 0 Å². The lowest BCUT2D eigenvalue weighted by Gasteiger charge is -2.14. The van der Waals surface area contributed by atoms with Crippen molar-refractivity contribution in [1.82, 2.24) is 14.9 Å². The van der Waals surface area contributed by atoms with Crippen molar-refractivity contribution in [2.75, 3.05) is 6.54 Å². The number of fused-ring (bicyclic) bond motifs is 1. The third kappa shape index (κ3) is 3.52. The molecule has 0 radical (unpaired) electrons. The van der Waals surface area contributed by atoms with Crippen molar-refractivity contribution in [3.8, 4) is 0 Å². The first-order chi connectivity index (χ1) is 12.7. The first-order valence-electron chi connectivity index (χ1n) is 8.21. The molecule has 1 fully saturated rings. The summed E-state index contributed by atoms with van der Waals surface area (Å²) < 4.78 is 0.609. The average molecular weight is 377 g/mol. The van der Waals surface area contributed by atoms with E-state index in [1.807, 2.05) is 42.5 Å². The SMILES string of the molecule is O=C1/C(=C/c2ccc3nccnc3c2)SC(=S)N1CCc1ccccc1. The maximum absolute atomic E-state index is 12.7. The standard InChI is InChI=1S/C20H15N3OS2/c24-19-18(13-15-6-7-16-17(12-15)22-10-9-21-16)26-20(25)23(19)11-8-14-4-2-1-3-5-14/h1-7,9-10,12-13H,8,11H2/b18-13-. The third-order valence-electron chi connectivity index (χ3n) is 4.13. The van der Waals surface area contributed by atoms with E-state index < -0.39 is 0 Å². The first-order valence-corrected chi connectivity index (χ1v) is 9.43. The fraction of sp³-hybridized carbons (Fsp3) is 0.100. The fourth-order valence-electron chi connectivity index (χ4n) is 2.80. The number of benzene rings is 2. The Morgan fingerprint density at radius 2 is 1.81 bits per heavy atom. The molecule has 0 saturated carbocycles. The lowest BCUT2D eigenvalue weighted by Crippen LogP contribution is -2.30. The van der Waals surface area contributed by atoms with Crippen LogP contribution in [0.2, 0.25) is 0 Å². The lowest BCUT2D eigenvalue weighted by molar-refractivity contribution is -0.122. The summed E-state index contributed by atoms with van der Waals surface area (Å²) in [6.45, 7) is 0.592. The van der Waals surface area contributed by atoms with Crippen LogP contribution in [0, 0.1) is 0 Å². The minimum atomic E-state index is -0.0322. The largest absolute Gasteiger partial charge is 0.293 e. The molecule has 4 rings (SSSR count). The van der Waals surface area contributed by atoms with Gasteiger partial charge >= 0.3 is 0 Å². The number of rotatable bonds is 4. The van der Waals surface area contributed by atoms with Crippen LogP contribution in [0.5, 0.6) is 0 Å². The van der Waals surface area contributed by atoms with Gasteiger partial charge in [-0.05, 0) is 35.8 Å². The molecule has 0 unspecified atom stereocenters. The smallest absolute Gasteiger partial charge is 0.266 e. The molecular weight excluding hydrogens is 362 g/mol. The number of amides is 1. The molecule has 6 heteroatoms. The molecule has 1 aliphatic rings. The topological polar surface area (TPSA) is 46.1 Å². The molecule has 3 aromatic rings. The summed E-state index contributed by atoms with van der Waals surface area (Å²) in [5.41, 5.74) is 3.75. The van der Waals surface area contributed by atoms with E-state index in [9.17, 15) is 4.79 Å². The van der Waals surface area contributed by atoms with Crippen molar-refractivity contribution < 1.29 is 4.79 Å². The van der Waals surface area contributed by atoms with Crippen molar-refractivity contribution in [2.45, 2.75) is 6.42 Å². The molecule has 1 saturated heterocycles. The van der Waals surface area contributed by atoms with Crippen LogP contribution in [0.25, 0.3) is 17.1 Å². The Balaban J connectivity index is 1.52. The van der Waals surface area contributed by atoms with Gasteiger partial charge in [0.05, 0.1) is 15.9 Å². The van der Waals surface area contributed by atoms with Crippen LogP contribution in [0.1, 0.15) is 11.1 Å². The van der Waals surface area contributed by atoms with Gasteiger partial charge in [-0.1, -0.05) is 60.4 Å². The van der Waals surface area contributed by atoms with E-state index in [-0.39, 0.29) is 5.91 Å². The quantitative estimate of drug-likeness (QED) is 0.507. The minimum Gasteiger partial charge on any atom is -0.293 e. The van der Waals surface area contributed by atoms with E-state index >= 15 is 0 Å². The van der Waals surface area contributed by atoms with Gasteiger partial charge in [0, 0.05) is 18.9 Å². The van der Waals surface area contributed by atoms with Gasteiger partial charge < -0.3 is 0 Å². The zero-order valence-corrected chi connectivity index (χ0v) is 15.5. The van der Waals surface area contributed by atoms with E-state index in [1.54, 1.807) is 17.3 Å². The second-order valence-electron chi connectivity index (χ2n) is 5.87. The van der Waals surface area contributed by atoms with Crippen molar-refractivity contribution in [3.63, 3.8) is 0 Å². The average Bonchev–Trinajstić information content (AvgIpc) is 2.94. The van der Waals surface area contributed by atoms with Gasteiger partial charge in [0.25, 0.3) is 5.91 Å². The van der Waals surface area contributed by atoms with Crippen LogP contribution >= 0.6 is 24.0 Å². The minimum absolute atomic E-state index is 0.0322. The number of hydrogen-bond donors (Lipinski definition) is 0. The molecule has 1 aliphatic heterocycles. The van der Waals surface area contributed by atoms with Crippen molar-refractivity contribution in [1.29, 1.82) is 0 Å². The summed E-state index contributed by atoms with van der Waals surface area (Å²) in [5, 5.41) is 0. The second kappa shape index (κ2) is 7.35. The number of aromatic nitrogens is 2. The number of hydrogen-bond acceptors (Lipinski definition) is 5. The zero-order chi connectivity index (χ0) is 17.9. The highest BCUT2D eigenvalue weighted by molar-refractivity contribution is 8.26. The Labute approximate surface area is 161 Å². The molecule has 2 heterocycles. The molecule has 1 amide bonds. The molecule has 2 aromatic carbocycles. The number of carbonyl (C=O) groups is 1. The summed E-state index contributed by atoms with van der Waals surface area (Å²) in [6, 6.07) is 15.9. The van der Waals surface area contributed by atoms with Gasteiger partial charge in [-0.3, -0.25) is 19.7 Å². The maximum Gasteiger partial charge on any atom is 0.266 e. The predicted molar refractivity (Wildman–Crippen MR) is 110 cm³/mol. The van der Waals surface area contributed by atoms with E-state index in [2.05, 4.69) is 22.1 Å². The van der Waals surface area contributed by atoms with Crippen LogP contribution in [-0.4, -0.2) is 31.6 Å². The molecule has 0 aliphatic carbocycles. The second-order valence-corrected chi connectivity index (χ2v) is 7.55. The van der Waals surface area contributed by atoms with Crippen LogP contribution < -0.4 is 0 Å². The van der Waals surface area contributed by atoms with Crippen LogP contribution in [-0.2, 0) is 11.2 Å². The molecule has 0 atom stereocenters. The van der Waals surface area contributed by atoms with E-state index in [0.29, 0.717) is 15.8 Å². The first kappa shape index (κ1) is 16.9. The molecule has 4 nitrogen and oxygen atoms in total. The van der Waals surface area contributed by atoms with Gasteiger partial charge in [0.1, 0.15) is 4.32 Å². The summed E-state index contributed by atoms with van der Waals surface area (Å²) in [6.07, 6.45) is 5.98. The molecule has 0 N–H and O–H groups in total. The lowest BCUT2D eigenvalue weighted by atomic mass is 10.1. The molecule has 0 bridgehead atoms. The van der Waals surface area contributed by atoms with Gasteiger partial charge in [-0.25, -0.2) is 0 Å². The Bertz CT molecular complexity index is 1020. The molecule has 26 heavy (non-hydrogen) atoms. The van der Waals surface area contributed by atoms with Gasteiger partial charge in [-0.15, -0.1) is 0 Å². The van der Waals surface area contributed by atoms with E-state index in [1.165, 1.54) is 17.3 Å². The predicted octanol–water partition coefficient (Wildman–Crippen LogP) is 4.07. The number of carbonyl (C=O) groups excluding carboxylic acids is 1. The normalized spacial score (nSPS) is 16.0. The van der Waals surface area contributed by atoms with Gasteiger partial charge in [-0.2, -0.15) is 0 Å². The highest BCUT2D eigenvalue weighted by Crippen LogP contribution is 2.32. The zero-order valence-electron chi connectivity index (χ0n) is 13.8. The van der Waals surface area contributed by atoms with Crippen LogP contribution in [0.4, 0.5) is 0 Å². The fourth-order valence-corrected chi connectivity index (χ4v) is 4.11. The third-order valence-corrected chi connectivity index (χ3v) is 5.51. The van der Waals surface area contributed by atoms with Crippen molar-refractivity contribution in [2.24, 2.45) is 0 Å². The highest BCUT2D eigenvalue weighted by atomic mass is 32.2. The Hall–Kier alpha value is -2.57.